The number of hydrogen-bond acceptors (Lipinski definition) is 3. The van der Waals surface area contributed by atoms with E-state index in [1.54, 1.807) is 0 Å². The standard InChI is InChI=1S/C9H17N3OS/c1-6(9(2,3)4)12-7(5-13)10-11-8(12)14/h6,13H,5H2,1-4H3,(H,11,14). The lowest BCUT2D eigenvalue weighted by molar-refractivity contribution is 0.223. The fourth-order valence-corrected chi connectivity index (χ4v) is 1.54. The van der Waals surface area contributed by atoms with Gasteiger partial charge in [0, 0.05) is 6.04 Å². The van der Waals surface area contributed by atoms with Crippen molar-refractivity contribution in [1.82, 2.24) is 14.8 Å². The summed E-state index contributed by atoms with van der Waals surface area (Å²) in [5.74, 6) is 0.595. The van der Waals surface area contributed by atoms with E-state index in [-0.39, 0.29) is 18.1 Å². The third kappa shape index (κ3) is 2.04. The number of H-pyrrole nitrogens is 1. The SMILES string of the molecule is CC(n1c(CO)n[nH]c1=S)C(C)(C)C. The van der Waals surface area contributed by atoms with Gasteiger partial charge in [-0.25, -0.2) is 0 Å². The number of nitrogens with one attached hydrogen (secondary N) is 1. The maximum absolute atomic E-state index is 9.10. The minimum atomic E-state index is -0.0897. The van der Waals surface area contributed by atoms with E-state index in [0.29, 0.717) is 10.6 Å². The van der Waals surface area contributed by atoms with Crippen LogP contribution < -0.4 is 0 Å². The lowest BCUT2D eigenvalue weighted by Gasteiger charge is -2.28. The first-order valence-corrected chi connectivity index (χ1v) is 5.05. The second kappa shape index (κ2) is 3.82. The van der Waals surface area contributed by atoms with Gasteiger partial charge in [-0.2, -0.15) is 5.10 Å². The molecule has 0 aromatic carbocycles. The average molecular weight is 215 g/mol. The maximum Gasteiger partial charge on any atom is 0.195 e. The van der Waals surface area contributed by atoms with Crippen molar-refractivity contribution < 1.29 is 5.11 Å². The van der Waals surface area contributed by atoms with E-state index in [2.05, 4.69) is 37.9 Å². The zero-order chi connectivity index (χ0) is 10.9. The zero-order valence-electron chi connectivity index (χ0n) is 9.03. The third-order valence-corrected chi connectivity index (χ3v) is 2.85. The van der Waals surface area contributed by atoms with Gasteiger partial charge in [0.25, 0.3) is 0 Å². The number of aromatic nitrogens is 3. The highest BCUT2D eigenvalue weighted by Gasteiger charge is 2.24. The van der Waals surface area contributed by atoms with Crippen molar-refractivity contribution in [2.75, 3.05) is 0 Å². The molecule has 0 fully saturated rings. The monoisotopic (exact) mass is 215 g/mol. The Balaban J connectivity index is 3.17. The Morgan fingerprint density at radius 3 is 2.57 bits per heavy atom. The van der Waals surface area contributed by atoms with Crippen molar-refractivity contribution >= 4 is 12.2 Å². The van der Waals surface area contributed by atoms with Gasteiger partial charge >= 0.3 is 0 Å². The topological polar surface area (TPSA) is 53.8 Å². The largest absolute Gasteiger partial charge is 0.388 e. The molecule has 0 spiro atoms. The van der Waals surface area contributed by atoms with E-state index < -0.39 is 0 Å². The van der Waals surface area contributed by atoms with Crippen LogP contribution in [-0.2, 0) is 6.61 Å². The normalized spacial score (nSPS) is 14.4. The predicted octanol–water partition coefficient (Wildman–Crippen LogP) is 2.04. The van der Waals surface area contributed by atoms with Gasteiger partial charge in [-0.1, -0.05) is 20.8 Å². The molecule has 1 aromatic rings. The van der Waals surface area contributed by atoms with E-state index in [1.807, 2.05) is 4.57 Å². The van der Waals surface area contributed by atoms with Gasteiger partial charge in [0.2, 0.25) is 0 Å². The highest BCUT2D eigenvalue weighted by molar-refractivity contribution is 7.71. The Bertz CT molecular complexity index is 361. The van der Waals surface area contributed by atoms with Crippen LogP contribution in [0, 0.1) is 10.2 Å². The molecule has 1 unspecified atom stereocenters. The minimum Gasteiger partial charge on any atom is -0.388 e. The molecule has 4 nitrogen and oxygen atoms in total. The van der Waals surface area contributed by atoms with E-state index in [0.717, 1.165) is 0 Å². The molecule has 0 saturated carbocycles. The van der Waals surface area contributed by atoms with E-state index in [1.165, 1.54) is 0 Å². The lowest BCUT2D eigenvalue weighted by Crippen LogP contribution is -2.23. The van der Waals surface area contributed by atoms with E-state index in [9.17, 15) is 0 Å². The Morgan fingerprint density at radius 2 is 2.14 bits per heavy atom. The Hall–Kier alpha value is -0.680. The minimum absolute atomic E-state index is 0.0893. The van der Waals surface area contributed by atoms with Crippen LogP contribution in [0.1, 0.15) is 39.6 Å². The van der Waals surface area contributed by atoms with Crippen LogP contribution in [0.15, 0.2) is 0 Å². The summed E-state index contributed by atoms with van der Waals surface area (Å²) in [4.78, 5) is 0. The van der Waals surface area contributed by atoms with Gasteiger partial charge in [-0.15, -0.1) is 0 Å². The first-order chi connectivity index (χ1) is 6.38. The molecule has 14 heavy (non-hydrogen) atoms. The summed E-state index contributed by atoms with van der Waals surface area (Å²) in [7, 11) is 0. The van der Waals surface area contributed by atoms with Crippen molar-refractivity contribution in [1.29, 1.82) is 0 Å². The zero-order valence-corrected chi connectivity index (χ0v) is 9.85. The molecule has 0 aliphatic carbocycles. The molecule has 1 atom stereocenters. The molecular formula is C9H17N3OS. The first kappa shape index (κ1) is 11.4. The Labute approximate surface area is 89.0 Å². The quantitative estimate of drug-likeness (QED) is 0.742. The predicted molar refractivity (Wildman–Crippen MR) is 57.5 cm³/mol. The number of hydrogen-bond donors (Lipinski definition) is 2. The number of rotatable bonds is 2. The van der Waals surface area contributed by atoms with Crippen molar-refractivity contribution in [3.05, 3.63) is 10.6 Å². The fourth-order valence-electron chi connectivity index (χ4n) is 1.24. The molecule has 0 radical (unpaired) electrons. The molecular weight excluding hydrogens is 198 g/mol. The number of aromatic amines is 1. The van der Waals surface area contributed by atoms with Crippen molar-refractivity contribution in [2.24, 2.45) is 5.41 Å². The molecule has 1 rings (SSSR count). The molecule has 0 amide bonds. The summed E-state index contributed by atoms with van der Waals surface area (Å²) in [6, 6.07) is 0.205. The van der Waals surface area contributed by atoms with Crippen LogP contribution in [0.4, 0.5) is 0 Å². The smallest absolute Gasteiger partial charge is 0.195 e. The van der Waals surface area contributed by atoms with Crippen molar-refractivity contribution in [3.8, 4) is 0 Å². The molecule has 0 aliphatic heterocycles. The number of nitrogens with zero attached hydrogens (tertiary/aromatic N) is 2. The van der Waals surface area contributed by atoms with Gasteiger partial charge in [0.1, 0.15) is 6.61 Å². The molecule has 5 heteroatoms. The van der Waals surface area contributed by atoms with Gasteiger partial charge < -0.3 is 5.11 Å². The highest BCUT2D eigenvalue weighted by Crippen LogP contribution is 2.30. The van der Waals surface area contributed by atoms with Crippen LogP contribution in [0.2, 0.25) is 0 Å². The molecule has 0 aliphatic rings. The fraction of sp³-hybridized carbons (Fsp3) is 0.778. The number of aliphatic hydroxyl groups excluding tert-OH is 1. The molecule has 1 heterocycles. The van der Waals surface area contributed by atoms with Gasteiger partial charge in [-0.05, 0) is 24.6 Å². The lowest BCUT2D eigenvalue weighted by atomic mass is 9.88. The second-order valence-corrected chi connectivity index (χ2v) is 4.90. The van der Waals surface area contributed by atoms with Crippen LogP contribution in [-0.4, -0.2) is 19.9 Å². The van der Waals surface area contributed by atoms with Gasteiger partial charge in [0.15, 0.2) is 10.6 Å². The summed E-state index contributed by atoms with van der Waals surface area (Å²) in [6.07, 6.45) is 0. The maximum atomic E-state index is 9.10. The Kier molecular flexibility index (Phi) is 3.11. The average Bonchev–Trinajstić information content (AvgIpc) is 2.43. The second-order valence-electron chi connectivity index (χ2n) is 4.52. The Morgan fingerprint density at radius 1 is 1.57 bits per heavy atom. The van der Waals surface area contributed by atoms with Crippen molar-refractivity contribution in [3.63, 3.8) is 0 Å². The molecule has 0 saturated heterocycles. The molecule has 2 N–H and O–H groups in total. The van der Waals surface area contributed by atoms with Gasteiger partial charge in [0.05, 0.1) is 0 Å². The number of aliphatic hydroxyl groups is 1. The summed E-state index contributed by atoms with van der Waals surface area (Å²) >= 11 is 5.12. The van der Waals surface area contributed by atoms with E-state index >= 15 is 0 Å². The van der Waals surface area contributed by atoms with Gasteiger partial charge in [-0.3, -0.25) is 9.67 Å². The van der Waals surface area contributed by atoms with Crippen LogP contribution in [0.25, 0.3) is 0 Å². The van der Waals surface area contributed by atoms with Crippen LogP contribution in [0.5, 0.6) is 0 Å². The van der Waals surface area contributed by atoms with E-state index in [4.69, 9.17) is 17.3 Å². The molecule has 80 valence electrons. The first-order valence-electron chi connectivity index (χ1n) is 4.64. The molecule has 1 aromatic heterocycles. The summed E-state index contributed by atoms with van der Waals surface area (Å²) in [6.45, 7) is 8.38. The van der Waals surface area contributed by atoms with Crippen molar-refractivity contribution in [2.45, 2.75) is 40.3 Å². The summed E-state index contributed by atoms with van der Waals surface area (Å²) in [5.41, 5.74) is 0.0893. The third-order valence-electron chi connectivity index (χ3n) is 2.56. The summed E-state index contributed by atoms with van der Waals surface area (Å²) < 4.78 is 2.44. The highest BCUT2D eigenvalue weighted by atomic mass is 32.1. The van der Waals surface area contributed by atoms with Crippen LogP contribution >= 0.6 is 12.2 Å². The summed E-state index contributed by atoms with van der Waals surface area (Å²) in [5, 5.41) is 15.8. The molecule has 0 bridgehead atoms. The van der Waals surface area contributed by atoms with Crippen LogP contribution in [0.3, 0.4) is 0 Å².